The number of H-pyrrole nitrogens is 1. The Hall–Kier alpha value is -4.80. The van der Waals surface area contributed by atoms with Crippen molar-refractivity contribution in [3.05, 3.63) is 107 Å². The van der Waals surface area contributed by atoms with Crippen LogP contribution in [0.4, 0.5) is 10.1 Å². The number of nitrogens with one attached hydrogen (secondary N) is 3. The van der Waals surface area contributed by atoms with Crippen molar-refractivity contribution in [3.8, 4) is 11.7 Å². The van der Waals surface area contributed by atoms with E-state index in [-0.39, 0.29) is 24.2 Å². The molecule has 0 amide bonds. The maximum absolute atomic E-state index is 13.7. The number of anilines is 1. The van der Waals surface area contributed by atoms with Crippen LogP contribution in [0.2, 0.25) is 0 Å². The molecule has 0 aliphatic heterocycles. The number of hydrogen-bond acceptors (Lipinski definition) is 7. The summed E-state index contributed by atoms with van der Waals surface area (Å²) in [5, 5.41) is 15.3. The minimum absolute atomic E-state index is 0.0568. The molecule has 0 bridgehead atoms. The van der Waals surface area contributed by atoms with E-state index in [1.165, 1.54) is 12.4 Å². The molecule has 35 heavy (non-hydrogen) atoms. The fraction of sp³-hybridized carbons (Fsp3) is 0.125. The molecule has 0 saturated carbocycles. The Morgan fingerprint density at radius 1 is 1.26 bits per heavy atom. The van der Waals surface area contributed by atoms with Gasteiger partial charge in [-0.25, -0.2) is 19.2 Å². The summed E-state index contributed by atoms with van der Waals surface area (Å²) >= 11 is 0. The van der Waals surface area contributed by atoms with Crippen LogP contribution in [0.1, 0.15) is 28.6 Å². The van der Waals surface area contributed by atoms with Gasteiger partial charge in [-0.15, -0.1) is 9.78 Å². The summed E-state index contributed by atoms with van der Waals surface area (Å²) in [5.74, 6) is 0.751. The van der Waals surface area contributed by atoms with Crippen LogP contribution in [0.3, 0.4) is 0 Å². The lowest BCUT2D eigenvalue weighted by molar-refractivity contribution is 0.361. The topological polar surface area (TPSA) is 148 Å². The Morgan fingerprint density at radius 2 is 2.00 bits per heavy atom. The first-order chi connectivity index (χ1) is 17.0. The number of benzene rings is 2. The van der Waals surface area contributed by atoms with Gasteiger partial charge in [0.1, 0.15) is 30.9 Å². The van der Waals surface area contributed by atoms with Gasteiger partial charge in [0, 0.05) is 23.6 Å². The smallest absolute Gasteiger partial charge is 0.350 e. The predicted molar refractivity (Wildman–Crippen MR) is 130 cm³/mol. The number of aromatic amines is 1. The molecule has 0 saturated heterocycles. The van der Waals surface area contributed by atoms with E-state index in [1.54, 1.807) is 54.6 Å². The van der Waals surface area contributed by atoms with E-state index in [9.17, 15) is 9.18 Å². The standard InChI is InChI=1S/C24H23FN8O2/c1-2-10-35-19-12-15(14-25)11-17(13-19)20(30-18-6-4-16(5-7-18)21(26)27)22-31-24(34)33(32-22)23-28-8-3-9-29-23/h2-9,11-13,20,30H,1,10,14H2,(H3,26,27)(H,31,32,34). The summed E-state index contributed by atoms with van der Waals surface area (Å²) in [4.78, 5) is 23.6. The van der Waals surface area contributed by atoms with Gasteiger partial charge in [0.05, 0.1) is 0 Å². The van der Waals surface area contributed by atoms with Crippen LogP contribution in [-0.2, 0) is 6.67 Å². The Labute approximate surface area is 199 Å². The molecule has 0 aliphatic rings. The second kappa shape index (κ2) is 10.4. The Balaban J connectivity index is 1.79. The number of ether oxygens (including phenoxy) is 1. The van der Waals surface area contributed by atoms with Crippen molar-refractivity contribution in [2.75, 3.05) is 11.9 Å². The van der Waals surface area contributed by atoms with Crippen LogP contribution < -0.4 is 21.5 Å². The van der Waals surface area contributed by atoms with Gasteiger partial charge in [-0.1, -0.05) is 18.7 Å². The Bertz CT molecular complexity index is 1380. The lowest BCUT2D eigenvalue weighted by Crippen LogP contribution is -2.18. The minimum Gasteiger partial charge on any atom is -0.490 e. The summed E-state index contributed by atoms with van der Waals surface area (Å²) in [7, 11) is 0. The highest BCUT2D eigenvalue weighted by atomic mass is 19.1. The third kappa shape index (κ3) is 5.41. The molecule has 4 rings (SSSR count). The van der Waals surface area contributed by atoms with Crippen molar-refractivity contribution in [2.24, 2.45) is 5.73 Å². The monoisotopic (exact) mass is 474 g/mol. The zero-order valence-corrected chi connectivity index (χ0v) is 18.6. The number of rotatable bonds is 10. The van der Waals surface area contributed by atoms with E-state index in [0.717, 1.165) is 4.68 Å². The lowest BCUT2D eigenvalue weighted by Gasteiger charge is -2.20. The molecule has 10 nitrogen and oxygen atoms in total. The van der Waals surface area contributed by atoms with Gasteiger partial charge >= 0.3 is 5.69 Å². The molecular formula is C24H23FN8O2. The summed E-state index contributed by atoms with van der Waals surface area (Å²) in [6.45, 7) is 3.18. The van der Waals surface area contributed by atoms with Crippen LogP contribution in [-0.4, -0.2) is 37.2 Å². The molecule has 4 aromatic rings. The van der Waals surface area contributed by atoms with Crippen molar-refractivity contribution in [2.45, 2.75) is 12.7 Å². The highest BCUT2D eigenvalue weighted by Crippen LogP contribution is 2.29. The molecule has 1 unspecified atom stereocenters. The molecule has 5 N–H and O–H groups in total. The second-order valence-electron chi connectivity index (χ2n) is 7.49. The molecule has 0 radical (unpaired) electrons. The minimum atomic E-state index is -0.707. The quantitative estimate of drug-likeness (QED) is 0.157. The third-order valence-electron chi connectivity index (χ3n) is 5.00. The first-order valence-corrected chi connectivity index (χ1v) is 10.6. The highest BCUT2D eigenvalue weighted by molar-refractivity contribution is 5.95. The number of halogens is 1. The van der Waals surface area contributed by atoms with Gasteiger partial charge in [-0.2, -0.15) is 0 Å². The summed E-state index contributed by atoms with van der Waals surface area (Å²) in [5.41, 5.74) is 7.24. The van der Waals surface area contributed by atoms with Crippen molar-refractivity contribution in [3.63, 3.8) is 0 Å². The van der Waals surface area contributed by atoms with Gasteiger partial charge in [0.15, 0.2) is 5.82 Å². The molecule has 2 heterocycles. The number of alkyl halides is 1. The average Bonchev–Trinajstić information content (AvgIpc) is 3.27. The number of nitrogen functional groups attached to an aromatic ring is 1. The van der Waals surface area contributed by atoms with Crippen LogP contribution in [0.25, 0.3) is 5.95 Å². The molecular weight excluding hydrogens is 451 g/mol. The van der Waals surface area contributed by atoms with Crippen LogP contribution in [0, 0.1) is 5.41 Å². The van der Waals surface area contributed by atoms with E-state index in [2.05, 4.69) is 31.9 Å². The maximum Gasteiger partial charge on any atom is 0.350 e. The van der Waals surface area contributed by atoms with Gasteiger partial charge in [0.25, 0.3) is 5.95 Å². The van der Waals surface area contributed by atoms with Gasteiger partial charge < -0.3 is 15.8 Å². The number of amidine groups is 1. The zero-order chi connectivity index (χ0) is 24.8. The third-order valence-corrected chi connectivity index (χ3v) is 5.00. The first-order valence-electron chi connectivity index (χ1n) is 10.6. The van der Waals surface area contributed by atoms with Gasteiger partial charge in [-0.05, 0) is 53.6 Å². The molecule has 0 aliphatic carbocycles. The number of hydrogen-bond donors (Lipinski definition) is 4. The van der Waals surface area contributed by atoms with E-state index in [0.29, 0.717) is 28.1 Å². The molecule has 0 fully saturated rings. The molecule has 178 valence electrons. The Morgan fingerprint density at radius 3 is 2.66 bits per heavy atom. The number of nitrogens with zero attached hydrogens (tertiary/aromatic N) is 4. The van der Waals surface area contributed by atoms with Crippen molar-refractivity contribution >= 4 is 11.5 Å². The molecule has 1 atom stereocenters. The van der Waals surface area contributed by atoms with Gasteiger partial charge in [-0.3, -0.25) is 10.4 Å². The normalized spacial score (nSPS) is 11.6. The van der Waals surface area contributed by atoms with Crippen LogP contribution in [0.15, 0.2) is 78.4 Å². The van der Waals surface area contributed by atoms with E-state index in [1.807, 2.05) is 0 Å². The van der Waals surface area contributed by atoms with E-state index in [4.69, 9.17) is 15.9 Å². The average molecular weight is 475 g/mol. The SMILES string of the molecule is C=CCOc1cc(CF)cc(C(Nc2ccc(C(=N)N)cc2)c2nn(-c3ncccn3)c(=O)[nH]2)c1. The number of aromatic nitrogens is 5. The molecule has 0 spiro atoms. The lowest BCUT2D eigenvalue weighted by atomic mass is 10.0. The van der Waals surface area contributed by atoms with Crippen LogP contribution >= 0.6 is 0 Å². The van der Waals surface area contributed by atoms with Gasteiger partial charge in [0.2, 0.25) is 0 Å². The van der Waals surface area contributed by atoms with Crippen LogP contribution in [0.5, 0.6) is 5.75 Å². The largest absolute Gasteiger partial charge is 0.490 e. The van der Waals surface area contributed by atoms with E-state index < -0.39 is 18.4 Å². The maximum atomic E-state index is 13.7. The Kier molecular flexibility index (Phi) is 6.96. The van der Waals surface area contributed by atoms with E-state index >= 15 is 0 Å². The summed E-state index contributed by atoms with van der Waals surface area (Å²) in [6, 6.07) is 12.8. The highest BCUT2D eigenvalue weighted by Gasteiger charge is 2.22. The fourth-order valence-corrected chi connectivity index (χ4v) is 3.40. The molecule has 2 aromatic heterocycles. The molecule has 2 aromatic carbocycles. The zero-order valence-electron chi connectivity index (χ0n) is 18.6. The second-order valence-corrected chi connectivity index (χ2v) is 7.49. The first kappa shape index (κ1) is 23.4. The fourth-order valence-electron chi connectivity index (χ4n) is 3.40. The molecule has 11 heteroatoms. The summed E-state index contributed by atoms with van der Waals surface area (Å²) < 4.78 is 20.4. The summed E-state index contributed by atoms with van der Waals surface area (Å²) in [6.07, 6.45) is 4.60. The van der Waals surface area contributed by atoms with Crippen molar-refractivity contribution in [1.29, 1.82) is 5.41 Å². The predicted octanol–water partition coefficient (Wildman–Crippen LogP) is 2.87. The van der Waals surface area contributed by atoms with Crippen molar-refractivity contribution in [1.82, 2.24) is 24.7 Å². The number of nitrogens with two attached hydrogens (primary N) is 1. The van der Waals surface area contributed by atoms with Crippen molar-refractivity contribution < 1.29 is 9.13 Å².